The van der Waals surface area contributed by atoms with E-state index in [1.165, 1.54) is 4.90 Å². The van der Waals surface area contributed by atoms with Crippen LogP contribution in [0.2, 0.25) is 0 Å². The van der Waals surface area contributed by atoms with Crippen LogP contribution < -0.4 is 10.6 Å². The van der Waals surface area contributed by atoms with Crippen molar-refractivity contribution in [3.63, 3.8) is 0 Å². The average molecular weight is 468 g/mol. The zero-order chi connectivity index (χ0) is 25.6. The van der Waals surface area contributed by atoms with E-state index in [0.29, 0.717) is 5.56 Å². The Kier molecular flexibility index (Phi) is 8.85. The van der Waals surface area contributed by atoms with Crippen LogP contribution in [0.4, 0.5) is 10.5 Å². The molecule has 34 heavy (non-hydrogen) atoms. The van der Waals surface area contributed by atoms with Crippen molar-refractivity contribution < 1.29 is 19.1 Å². The van der Waals surface area contributed by atoms with Crippen LogP contribution in [0.1, 0.15) is 62.9 Å². The van der Waals surface area contributed by atoms with E-state index in [4.69, 9.17) is 4.74 Å². The summed E-state index contributed by atoms with van der Waals surface area (Å²) in [6.07, 6.45) is -0.684. The first kappa shape index (κ1) is 26.9. The highest BCUT2D eigenvalue weighted by atomic mass is 16.6. The molecule has 2 unspecified atom stereocenters. The summed E-state index contributed by atoms with van der Waals surface area (Å²) in [7, 11) is 0. The first-order valence-electron chi connectivity index (χ1n) is 11.6. The largest absolute Gasteiger partial charge is 0.444 e. The summed E-state index contributed by atoms with van der Waals surface area (Å²) < 4.78 is 5.28. The molecule has 0 saturated heterocycles. The van der Waals surface area contributed by atoms with Crippen LogP contribution in [0.25, 0.3) is 0 Å². The monoisotopic (exact) mass is 467 g/mol. The van der Waals surface area contributed by atoms with Crippen LogP contribution in [0.5, 0.6) is 0 Å². The van der Waals surface area contributed by atoms with E-state index in [9.17, 15) is 14.4 Å². The Labute approximate surface area is 202 Å². The molecular weight excluding hydrogens is 430 g/mol. The molecule has 0 aliphatic rings. The van der Waals surface area contributed by atoms with Crippen molar-refractivity contribution in [2.75, 3.05) is 11.9 Å². The number of rotatable bonds is 7. The van der Waals surface area contributed by atoms with Crippen molar-refractivity contribution >= 4 is 23.6 Å². The Morgan fingerprint density at radius 3 is 2.03 bits per heavy atom. The number of ether oxygens (including phenoxy) is 1. The van der Waals surface area contributed by atoms with E-state index >= 15 is 0 Å². The molecular formula is C27H37N3O4. The van der Waals surface area contributed by atoms with Gasteiger partial charge in [0.15, 0.2) is 0 Å². The van der Waals surface area contributed by atoms with Gasteiger partial charge in [-0.2, -0.15) is 0 Å². The lowest BCUT2D eigenvalue weighted by Gasteiger charge is -2.33. The van der Waals surface area contributed by atoms with Crippen molar-refractivity contribution in [3.05, 3.63) is 64.7 Å². The topological polar surface area (TPSA) is 87.7 Å². The first-order valence-corrected chi connectivity index (χ1v) is 11.6. The van der Waals surface area contributed by atoms with Crippen LogP contribution in [0, 0.1) is 20.8 Å². The summed E-state index contributed by atoms with van der Waals surface area (Å²) in [6.45, 7) is 14.8. The number of amides is 3. The van der Waals surface area contributed by atoms with Gasteiger partial charge in [-0.15, -0.1) is 0 Å². The second-order valence-electron chi connectivity index (χ2n) is 9.56. The fraction of sp³-hybridized carbons (Fsp3) is 0.444. The fourth-order valence-corrected chi connectivity index (χ4v) is 3.69. The van der Waals surface area contributed by atoms with Gasteiger partial charge in [0.1, 0.15) is 17.7 Å². The molecule has 184 valence electrons. The van der Waals surface area contributed by atoms with Gasteiger partial charge >= 0.3 is 6.09 Å². The standard InChI is InChI=1S/C27H37N3O4/c1-9-30(25(32)20(5)28-26(33)34-27(6,7)8)23(21-15-13-17(2)14-16-21)24(31)29-22-18(3)11-10-12-19(22)4/h10-16,20,23H,9H2,1-8H3,(H,28,33)(H,29,31). The number of aryl methyl sites for hydroxylation is 3. The van der Waals surface area contributed by atoms with E-state index in [-0.39, 0.29) is 18.4 Å². The second-order valence-corrected chi connectivity index (χ2v) is 9.56. The SMILES string of the molecule is CCN(C(=O)C(C)NC(=O)OC(C)(C)C)C(C(=O)Nc1c(C)cccc1C)c1ccc(C)cc1. The zero-order valence-corrected chi connectivity index (χ0v) is 21.5. The maximum Gasteiger partial charge on any atom is 0.408 e. The minimum Gasteiger partial charge on any atom is -0.444 e. The third-order valence-corrected chi connectivity index (χ3v) is 5.41. The summed E-state index contributed by atoms with van der Waals surface area (Å²) >= 11 is 0. The number of carbonyl (C=O) groups excluding carboxylic acids is 3. The molecule has 2 aromatic carbocycles. The Morgan fingerprint density at radius 1 is 0.971 bits per heavy atom. The maximum absolute atomic E-state index is 13.6. The molecule has 0 fully saturated rings. The van der Waals surface area contributed by atoms with Crippen molar-refractivity contribution in [1.82, 2.24) is 10.2 Å². The maximum atomic E-state index is 13.6. The average Bonchev–Trinajstić information content (AvgIpc) is 2.73. The predicted molar refractivity (Wildman–Crippen MR) is 135 cm³/mol. The highest BCUT2D eigenvalue weighted by Crippen LogP contribution is 2.27. The van der Waals surface area contributed by atoms with Crippen LogP contribution >= 0.6 is 0 Å². The lowest BCUT2D eigenvalue weighted by molar-refractivity contribution is -0.140. The molecule has 0 saturated carbocycles. The minimum absolute atomic E-state index is 0.276. The van der Waals surface area contributed by atoms with Crippen molar-refractivity contribution in [1.29, 1.82) is 0 Å². The normalized spacial score (nSPS) is 12.9. The first-order chi connectivity index (χ1) is 15.8. The molecule has 0 radical (unpaired) electrons. The van der Waals surface area contributed by atoms with Gasteiger partial charge in [0.25, 0.3) is 5.91 Å². The van der Waals surface area contributed by atoms with E-state index in [2.05, 4.69) is 10.6 Å². The van der Waals surface area contributed by atoms with Crippen LogP contribution in [-0.2, 0) is 14.3 Å². The van der Waals surface area contributed by atoms with Gasteiger partial charge in [0.2, 0.25) is 5.91 Å². The molecule has 0 aromatic heterocycles. The lowest BCUT2D eigenvalue weighted by Crippen LogP contribution is -2.51. The molecule has 0 aliphatic carbocycles. The smallest absolute Gasteiger partial charge is 0.408 e. The Balaban J connectivity index is 2.38. The number of benzene rings is 2. The predicted octanol–water partition coefficient (Wildman–Crippen LogP) is 5.05. The number of hydrogen-bond acceptors (Lipinski definition) is 4. The molecule has 2 atom stereocenters. The number of hydrogen-bond donors (Lipinski definition) is 2. The number of anilines is 1. The number of alkyl carbamates (subject to hydrolysis) is 1. The van der Waals surface area contributed by atoms with E-state index in [1.54, 1.807) is 27.7 Å². The molecule has 7 heteroatoms. The summed E-state index contributed by atoms with van der Waals surface area (Å²) in [5.41, 5.74) is 3.65. The molecule has 3 amide bonds. The number of carbonyl (C=O) groups is 3. The van der Waals surface area contributed by atoms with E-state index < -0.39 is 23.8 Å². The van der Waals surface area contributed by atoms with Gasteiger partial charge in [-0.25, -0.2) is 4.79 Å². The Morgan fingerprint density at radius 2 is 1.53 bits per heavy atom. The van der Waals surface area contributed by atoms with Crippen molar-refractivity contribution in [3.8, 4) is 0 Å². The van der Waals surface area contributed by atoms with Crippen LogP contribution in [0.3, 0.4) is 0 Å². The van der Waals surface area contributed by atoms with E-state index in [0.717, 1.165) is 22.4 Å². The second kappa shape index (κ2) is 11.2. The molecule has 2 rings (SSSR count). The van der Waals surface area contributed by atoms with Crippen LogP contribution in [0.15, 0.2) is 42.5 Å². The number of likely N-dealkylation sites (N-methyl/N-ethyl adjacent to an activating group) is 1. The molecule has 0 heterocycles. The summed E-state index contributed by atoms with van der Waals surface area (Å²) in [5, 5.41) is 5.62. The Hall–Kier alpha value is -3.35. The van der Waals surface area contributed by atoms with Gasteiger partial charge in [-0.05, 0) is 72.1 Å². The zero-order valence-electron chi connectivity index (χ0n) is 21.5. The van der Waals surface area contributed by atoms with Crippen LogP contribution in [-0.4, -0.2) is 41.0 Å². The van der Waals surface area contributed by atoms with E-state index in [1.807, 2.05) is 70.2 Å². The summed E-state index contributed by atoms with van der Waals surface area (Å²) in [5.74, 6) is -0.698. The molecule has 7 nitrogen and oxygen atoms in total. The number of nitrogens with one attached hydrogen (secondary N) is 2. The fourth-order valence-electron chi connectivity index (χ4n) is 3.69. The number of para-hydroxylation sites is 1. The van der Waals surface area contributed by atoms with Gasteiger partial charge in [-0.1, -0.05) is 48.0 Å². The van der Waals surface area contributed by atoms with Crippen molar-refractivity contribution in [2.45, 2.75) is 73.1 Å². The minimum atomic E-state index is -0.879. The van der Waals surface area contributed by atoms with Gasteiger partial charge in [-0.3, -0.25) is 9.59 Å². The van der Waals surface area contributed by atoms with Gasteiger partial charge in [0.05, 0.1) is 0 Å². The quantitative estimate of drug-likeness (QED) is 0.596. The third-order valence-electron chi connectivity index (χ3n) is 5.41. The molecule has 0 aliphatic heterocycles. The number of nitrogens with zero attached hydrogens (tertiary/aromatic N) is 1. The Bertz CT molecular complexity index is 1000. The highest BCUT2D eigenvalue weighted by Gasteiger charge is 2.34. The lowest BCUT2D eigenvalue weighted by atomic mass is 10.0. The molecule has 2 aromatic rings. The van der Waals surface area contributed by atoms with Gasteiger partial charge in [0, 0.05) is 12.2 Å². The summed E-state index contributed by atoms with van der Waals surface area (Å²) in [4.78, 5) is 40.8. The summed E-state index contributed by atoms with van der Waals surface area (Å²) in [6, 6.07) is 11.6. The highest BCUT2D eigenvalue weighted by molar-refractivity contribution is 5.99. The van der Waals surface area contributed by atoms with Gasteiger partial charge < -0.3 is 20.3 Å². The third kappa shape index (κ3) is 7.07. The molecule has 0 spiro atoms. The molecule has 2 N–H and O–H groups in total. The van der Waals surface area contributed by atoms with Crippen molar-refractivity contribution in [2.24, 2.45) is 0 Å². The molecule has 0 bridgehead atoms.